The Kier molecular flexibility index (Phi) is 3.47. The fraction of sp³-hybridized carbons (Fsp3) is 0.455. The highest BCUT2D eigenvalue weighted by Gasteiger charge is 2.41. The average molecular weight is 323 g/mol. The van der Waals surface area contributed by atoms with Gasteiger partial charge in [-0.15, -0.1) is 0 Å². The van der Waals surface area contributed by atoms with E-state index in [0.29, 0.717) is 0 Å². The van der Waals surface area contributed by atoms with Crippen LogP contribution in [0.15, 0.2) is 36.4 Å². The first kappa shape index (κ1) is 16.5. The molecule has 0 unspecified atom stereocenters. The predicted octanol–water partition coefficient (Wildman–Crippen LogP) is 5.08. The molecule has 2 aromatic carbocycles. The number of rotatable bonds is 0. The summed E-state index contributed by atoms with van der Waals surface area (Å²) in [6.45, 7) is 19.0. The summed E-state index contributed by atoms with van der Waals surface area (Å²) < 4.78 is 0. The minimum absolute atomic E-state index is 0.199. The molecule has 0 aliphatic carbocycles. The lowest BCUT2D eigenvalue weighted by Gasteiger charge is -2.29. The average Bonchev–Trinajstić information content (AvgIpc) is 2.66. The Hall–Kier alpha value is -1.34. The van der Waals surface area contributed by atoms with E-state index in [-0.39, 0.29) is 10.8 Å². The zero-order chi connectivity index (χ0) is 17.2. The Morgan fingerprint density at radius 3 is 1.96 bits per heavy atom. The quantitative estimate of drug-likeness (QED) is 0.593. The first-order valence-corrected chi connectivity index (χ1v) is 11.7. The van der Waals surface area contributed by atoms with Gasteiger partial charge in [-0.25, -0.2) is 0 Å². The zero-order valence-corrected chi connectivity index (χ0v) is 17.0. The molecule has 1 aliphatic heterocycles. The highest BCUT2D eigenvalue weighted by atomic mass is 28.3. The molecular weight excluding hydrogens is 292 g/mol. The van der Waals surface area contributed by atoms with Crippen molar-refractivity contribution in [2.45, 2.75) is 65.5 Å². The molecule has 1 heteroatoms. The van der Waals surface area contributed by atoms with Crippen LogP contribution in [0.1, 0.15) is 52.7 Å². The van der Waals surface area contributed by atoms with Crippen LogP contribution in [0.25, 0.3) is 11.1 Å². The van der Waals surface area contributed by atoms with Crippen molar-refractivity contribution in [3.05, 3.63) is 47.5 Å². The summed E-state index contributed by atoms with van der Waals surface area (Å²) in [4.78, 5) is 0. The molecule has 0 N–H and O–H groups in total. The van der Waals surface area contributed by atoms with Crippen molar-refractivity contribution in [2.75, 3.05) is 0 Å². The molecular formula is C22H30Si. The van der Waals surface area contributed by atoms with Crippen LogP contribution in [0, 0.1) is 0 Å². The van der Waals surface area contributed by atoms with Crippen LogP contribution in [0.5, 0.6) is 0 Å². The maximum atomic E-state index is 2.52. The van der Waals surface area contributed by atoms with Gasteiger partial charge in [-0.05, 0) is 43.5 Å². The normalized spacial score (nSPS) is 16.2. The summed E-state index contributed by atoms with van der Waals surface area (Å²) in [5, 5.41) is 3.27. The summed E-state index contributed by atoms with van der Waals surface area (Å²) in [5.74, 6) is 0. The van der Waals surface area contributed by atoms with E-state index < -0.39 is 8.07 Å². The molecule has 0 nitrogen and oxygen atoms in total. The minimum atomic E-state index is -1.62. The molecule has 0 fully saturated rings. The molecule has 0 aromatic heterocycles. The number of hydrogen-bond donors (Lipinski definition) is 0. The largest absolute Gasteiger partial charge is 0.114 e. The molecule has 0 amide bonds. The van der Waals surface area contributed by atoms with Gasteiger partial charge < -0.3 is 0 Å². The van der Waals surface area contributed by atoms with Crippen LogP contribution in [0.2, 0.25) is 13.1 Å². The molecule has 0 saturated carbocycles. The van der Waals surface area contributed by atoms with Gasteiger partial charge in [0.25, 0.3) is 0 Å². The van der Waals surface area contributed by atoms with Gasteiger partial charge in [0.1, 0.15) is 8.07 Å². The Morgan fingerprint density at radius 2 is 1.39 bits per heavy atom. The number of fused-ring (bicyclic) bond motifs is 3. The third kappa shape index (κ3) is 2.50. The Labute approximate surface area is 143 Å². The fourth-order valence-corrected chi connectivity index (χ4v) is 7.66. The highest BCUT2D eigenvalue weighted by Crippen LogP contribution is 2.35. The molecule has 1 aliphatic rings. The van der Waals surface area contributed by atoms with Gasteiger partial charge in [0, 0.05) is 0 Å². The van der Waals surface area contributed by atoms with Crippen molar-refractivity contribution in [1.82, 2.24) is 0 Å². The van der Waals surface area contributed by atoms with E-state index >= 15 is 0 Å². The van der Waals surface area contributed by atoms with Crippen molar-refractivity contribution >= 4 is 18.4 Å². The van der Waals surface area contributed by atoms with Gasteiger partial charge in [0.2, 0.25) is 0 Å². The third-order valence-corrected chi connectivity index (χ3v) is 8.92. The molecule has 2 aromatic rings. The lowest BCUT2D eigenvalue weighted by atomic mass is 9.83. The van der Waals surface area contributed by atoms with Crippen LogP contribution >= 0.6 is 0 Å². The van der Waals surface area contributed by atoms with E-state index in [1.807, 2.05) is 0 Å². The SMILES string of the molecule is CC(C)(C)c1ccc2c(c1)-c1cccc(C(C)(C)C)c1[Si]2(C)C. The molecule has 0 saturated heterocycles. The van der Waals surface area contributed by atoms with Gasteiger partial charge in [-0.1, -0.05) is 91.0 Å². The second-order valence-corrected chi connectivity index (χ2v) is 13.9. The maximum absolute atomic E-state index is 2.52. The first-order chi connectivity index (χ1) is 10.4. The number of benzene rings is 2. The summed E-state index contributed by atoms with van der Waals surface area (Å²) in [6.07, 6.45) is 0. The lowest BCUT2D eigenvalue weighted by Crippen LogP contribution is -2.52. The van der Waals surface area contributed by atoms with Crippen LogP contribution in [0.3, 0.4) is 0 Å². The van der Waals surface area contributed by atoms with E-state index in [2.05, 4.69) is 91.0 Å². The second kappa shape index (κ2) is 4.83. The lowest BCUT2D eigenvalue weighted by molar-refractivity contribution is 0.590. The van der Waals surface area contributed by atoms with Crippen LogP contribution in [-0.4, -0.2) is 8.07 Å². The van der Waals surface area contributed by atoms with Gasteiger partial charge in [0.05, 0.1) is 0 Å². The van der Waals surface area contributed by atoms with E-state index in [1.165, 1.54) is 16.7 Å². The second-order valence-electron chi connectivity index (χ2n) is 9.61. The maximum Gasteiger partial charge on any atom is 0.114 e. The monoisotopic (exact) mass is 322 g/mol. The van der Waals surface area contributed by atoms with Gasteiger partial charge in [0.15, 0.2) is 0 Å². The van der Waals surface area contributed by atoms with Crippen LogP contribution < -0.4 is 10.4 Å². The topological polar surface area (TPSA) is 0 Å². The summed E-state index contributed by atoms with van der Waals surface area (Å²) in [5.41, 5.74) is 6.37. The van der Waals surface area contributed by atoms with E-state index in [9.17, 15) is 0 Å². The predicted molar refractivity (Wildman–Crippen MR) is 106 cm³/mol. The highest BCUT2D eigenvalue weighted by molar-refractivity contribution is 7.04. The van der Waals surface area contributed by atoms with Crippen molar-refractivity contribution in [2.24, 2.45) is 0 Å². The summed E-state index contributed by atoms with van der Waals surface area (Å²) in [7, 11) is -1.62. The molecule has 1 heterocycles. The third-order valence-electron chi connectivity index (χ3n) is 5.35. The number of hydrogen-bond acceptors (Lipinski definition) is 0. The van der Waals surface area contributed by atoms with E-state index in [1.54, 1.807) is 15.9 Å². The van der Waals surface area contributed by atoms with E-state index in [4.69, 9.17) is 0 Å². The standard InChI is InChI=1S/C22H30Si/c1-21(2,3)15-12-13-19-17(14-15)16-10-9-11-18(22(4,5)6)20(16)23(19,7)8/h9-14H,1-8H3. The molecule has 23 heavy (non-hydrogen) atoms. The molecule has 0 atom stereocenters. The molecule has 0 bridgehead atoms. The zero-order valence-electron chi connectivity index (χ0n) is 16.0. The van der Waals surface area contributed by atoms with E-state index in [0.717, 1.165) is 0 Å². The molecule has 0 radical (unpaired) electrons. The van der Waals surface area contributed by atoms with Crippen LogP contribution in [0.4, 0.5) is 0 Å². The first-order valence-electron chi connectivity index (χ1n) is 8.73. The van der Waals surface area contributed by atoms with Crippen molar-refractivity contribution in [3.63, 3.8) is 0 Å². The molecule has 3 rings (SSSR count). The van der Waals surface area contributed by atoms with Gasteiger partial charge >= 0.3 is 0 Å². The summed E-state index contributed by atoms with van der Waals surface area (Å²) >= 11 is 0. The minimum Gasteiger partial charge on any atom is -0.0617 e. The fourth-order valence-electron chi connectivity index (χ4n) is 3.99. The smallest absolute Gasteiger partial charge is 0.0617 e. The molecule has 0 spiro atoms. The van der Waals surface area contributed by atoms with Crippen molar-refractivity contribution in [3.8, 4) is 11.1 Å². The summed E-state index contributed by atoms with van der Waals surface area (Å²) in [6, 6.07) is 14.2. The van der Waals surface area contributed by atoms with Crippen LogP contribution in [-0.2, 0) is 10.8 Å². The van der Waals surface area contributed by atoms with Gasteiger partial charge in [-0.2, -0.15) is 0 Å². The Bertz CT molecular complexity index is 768. The molecule has 122 valence electrons. The Balaban J connectivity index is 2.33. The Morgan fingerprint density at radius 1 is 0.739 bits per heavy atom. The van der Waals surface area contributed by atoms with Crippen molar-refractivity contribution < 1.29 is 0 Å². The van der Waals surface area contributed by atoms with Crippen molar-refractivity contribution in [1.29, 1.82) is 0 Å². The van der Waals surface area contributed by atoms with Gasteiger partial charge in [-0.3, -0.25) is 0 Å².